The Kier molecular flexibility index (Phi) is 3.93. The lowest BCUT2D eigenvalue weighted by atomic mass is 9.97. The Morgan fingerprint density at radius 2 is 2.06 bits per heavy atom. The second kappa shape index (κ2) is 5.44. The molecule has 1 aliphatic carbocycles. The summed E-state index contributed by atoms with van der Waals surface area (Å²) in [6, 6.07) is 4.78. The van der Waals surface area contributed by atoms with Crippen molar-refractivity contribution in [1.29, 1.82) is 0 Å². The predicted molar refractivity (Wildman–Crippen MR) is 66.7 cm³/mol. The van der Waals surface area contributed by atoms with Gasteiger partial charge in [0, 0.05) is 12.0 Å². The van der Waals surface area contributed by atoms with Crippen molar-refractivity contribution < 1.29 is 9.18 Å². The van der Waals surface area contributed by atoms with Crippen molar-refractivity contribution in [3.8, 4) is 0 Å². The highest BCUT2D eigenvalue weighted by atomic mass is 19.1. The SMILES string of the molecule is Cc1ccc(C(=O)CCC2CCCC2)cc1F. The summed E-state index contributed by atoms with van der Waals surface area (Å²) in [6.45, 7) is 1.71. The number of benzene rings is 1. The predicted octanol–water partition coefficient (Wildman–Crippen LogP) is 4.29. The van der Waals surface area contributed by atoms with Gasteiger partial charge in [0.2, 0.25) is 0 Å². The maximum absolute atomic E-state index is 13.3. The second-order valence-corrected chi connectivity index (χ2v) is 5.08. The molecule has 92 valence electrons. The molecule has 1 saturated carbocycles. The van der Waals surface area contributed by atoms with Gasteiger partial charge in [-0.25, -0.2) is 4.39 Å². The molecular formula is C15H19FO. The zero-order valence-corrected chi connectivity index (χ0v) is 10.3. The smallest absolute Gasteiger partial charge is 0.162 e. The van der Waals surface area contributed by atoms with E-state index in [4.69, 9.17) is 0 Å². The van der Waals surface area contributed by atoms with Crippen molar-refractivity contribution in [3.05, 3.63) is 35.1 Å². The van der Waals surface area contributed by atoms with Gasteiger partial charge in [0.05, 0.1) is 0 Å². The van der Waals surface area contributed by atoms with Crippen LogP contribution in [-0.2, 0) is 0 Å². The standard InChI is InChI=1S/C15H19FO/c1-11-6-8-13(10-14(11)16)15(17)9-7-12-4-2-3-5-12/h6,8,10,12H,2-5,7,9H2,1H3. The molecule has 0 amide bonds. The van der Waals surface area contributed by atoms with Gasteiger partial charge in [0.1, 0.15) is 5.82 Å². The number of hydrogen-bond acceptors (Lipinski definition) is 1. The third-order valence-electron chi connectivity index (χ3n) is 3.75. The Bertz CT molecular complexity index is 405. The first kappa shape index (κ1) is 12.3. The largest absolute Gasteiger partial charge is 0.294 e. The van der Waals surface area contributed by atoms with Gasteiger partial charge in [-0.15, -0.1) is 0 Å². The van der Waals surface area contributed by atoms with Crippen molar-refractivity contribution in [1.82, 2.24) is 0 Å². The van der Waals surface area contributed by atoms with Crippen molar-refractivity contribution in [2.45, 2.75) is 45.4 Å². The summed E-state index contributed by atoms with van der Waals surface area (Å²) < 4.78 is 13.3. The van der Waals surface area contributed by atoms with E-state index in [2.05, 4.69) is 0 Å². The molecule has 0 spiro atoms. The molecule has 0 bridgehead atoms. The number of Topliss-reactive ketones (excluding diaryl/α,β-unsaturated/α-hetero) is 1. The first-order chi connectivity index (χ1) is 8.16. The first-order valence-electron chi connectivity index (χ1n) is 6.46. The van der Waals surface area contributed by atoms with E-state index in [1.165, 1.54) is 31.7 Å². The minimum absolute atomic E-state index is 0.0794. The van der Waals surface area contributed by atoms with Crippen LogP contribution in [0.4, 0.5) is 4.39 Å². The average Bonchev–Trinajstić information content (AvgIpc) is 2.82. The third kappa shape index (κ3) is 3.15. The highest BCUT2D eigenvalue weighted by molar-refractivity contribution is 5.96. The minimum Gasteiger partial charge on any atom is -0.294 e. The number of halogens is 1. The molecular weight excluding hydrogens is 215 g/mol. The minimum atomic E-state index is -0.281. The van der Waals surface area contributed by atoms with Crippen molar-refractivity contribution in [2.75, 3.05) is 0 Å². The molecule has 2 rings (SSSR count). The van der Waals surface area contributed by atoms with Gasteiger partial charge in [0.25, 0.3) is 0 Å². The quantitative estimate of drug-likeness (QED) is 0.710. The van der Waals surface area contributed by atoms with Gasteiger partial charge in [-0.2, -0.15) is 0 Å². The van der Waals surface area contributed by atoms with Crippen LogP contribution in [0.15, 0.2) is 18.2 Å². The molecule has 1 aromatic rings. The Hall–Kier alpha value is -1.18. The molecule has 0 N–H and O–H groups in total. The number of rotatable bonds is 4. The zero-order valence-electron chi connectivity index (χ0n) is 10.3. The van der Waals surface area contributed by atoms with E-state index in [0.717, 1.165) is 6.42 Å². The van der Waals surface area contributed by atoms with E-state index in [9.17, 15) is 9.18 Å². The fraction of sp³-hybridized carbons (Fsp3) is 0.533. The first-order valence-corrected chi connectivity index (χ1v) is 6.46. The average molecular weight is 234 g/mol. The van der Waals surface area contributed by atoms with Gasteiger partial charge in [0.15, 0.2) is 5.78 Å². The number of ketones is 1. The van der Waals surface area contributed by atoms with E-state index in [-0.39, 0.29) is 11.6 Å². The normalized spacial score (nSPS) is 16.4. The molecule has 0 radical (unpaired) electrons. The Morgan fingerprint density at radius 3 is 2.71 bits per heavy atom. The van der Waals surface area contributed by atoms with Gasteiger partial charge in [-0.05, 0) is 30.9 Å². The monoisotopic (exact) mass is 234 g/mol. The van der Waals surface area contributed by atoms with Gasteiger partial charge in [-0.3, -0.25) is 4.79 Å². The Labute approximate surface area is 102 Å². The zero-order chi connectivity index (χ0) is 12.3. The van der Waals surface area contributed by atoms with Crippen LogP contribution in [0.3, 0.4) is 0 Å². The molecule has 0 heterocycles. The highest BCUT2D eigenvalue weighted by Crippen LogP contribution is 2.29. The summed E-state index contributed by atoms with van der Waals surface area (Å²) in [5, 5.41) is 0. The topological polar surface area (TPSA) is 17.1 Å². The maximum Gasteiger partial charge on any atom is 0.162 e. The molecule has 1 aliphatic rings. The number of carbonyl (C=O) groups is 1. The second-order valence-electron chi connectivity index (χ2n) is 5.08. The number of carbonyl (C=O) groups excluding carboxylic acids is 1. The molecule has 1 fully saturated rings. The molecule has 0 aliphatic heterocycles. The molecule has 0 saturated heterocycles. The molecule has 0 atom stereocenters. The highest BCUT2D eigenvalue weighted by Gasteiger charge is 2.17. The summed E-state index contributed by atoms with van der Waals surface area (Å²) >= 11 is 0. The van der Waals surface area contributed by atoms with Crippen LogP contribution in [0.5, 0.6) is 0 Å². The van der Waals surface area contributed by atoms with E-state index < -0.39 is 0 Å². The van der Waals surface area contributed by atoms with Crippen LogP contribution < -0.4 is 0 Å². The summed E-state index contributed by atoms with van der Waals surface area (Å²) in [5.41, 5.74) is 1.11. The van der Waals surface area contributed by atoms with Crippen LogP contribution in [0, 0.1) is 18.7 Å². The van der Waals surface area contributed by atoms with Crippen LogP contribution in [-0.4, -0.2) is 5.78 Å². The molecule has 2 heteroatoms. The van der Waals surface area contributed by atoms with Gasteiger partial charge >= 0.3 is 0 Å². The third-order valence-corrected chi connectivity index (χ3v) is 3.75. The van der Waals surface area contributed by atoms with Crippen LogP contribution in [0.25, 0.3) is 0 Å². The molecule has 0 unspecified atom stereocenters. The van der Waals surface area contributed by atoms with Crippen LogP contribution in [0.1, 0.15) is 54.4 Å². The maximum atomic E-state index is 13.3. The number of aryl methyl sites for hydroxylation is 1. The van der Waals surface area contributed by atoms with E-state index >= 15 is 0 Å². The lowest BCUT2D eigenvalue weighted by molar-refractivity contribution is 0.0973. The molecule has 1 aromatic carbocycles. The van der Waals surface area contributed by atoms with Gasteiger partial charge in [-0.1, -0.05) is 37.8 Å². The summed E-state index contributed by atoms with van der Waals surface area (Å²) in [6.07, 6.45) is 6.66. The van der Waals surface area contributed by atoms with E-state index in [1.807, 2.05) is 0 Å². The van der Waals surface area contributed by atoms with Crippen LogP contribution >= 0.6 is 0 Å². The molecule has 1 nitrogen and oxygen atoms in total. The van der Waals surface area contributed by atoms with Gasteiger partial charge < -0.3 is 0 Å². The Balaban J connectivity index is 1.92. The fourth-order valence-corrected chi connectivity index (χ4v) is 2.54. The van der Waals surface area contributed by atoms with E-state index in [0.29, 0.717) is 23.5 Å². The summed E-state index contributed by atoms with van der Waals surface area (Å²) in [4.78, 5) is 11.9. The van der Waals surface area contributed by atoms with Crippen molar-refractivity contribution in [2.24, 2.45) is 5.92 Å². The van der Waals surface area contributed by atoms with E-state index in [1.54, 1.807) is 19.1 Å². The van der Waals surface area contributed by atoms with Crippen molar-refractivity contribution in [3.63, 3.8) is 0 Å². The molecule has 0 aromatic heterocycles. The summed E-state index contributed by atoms with van der Waals surface area (Å²) in [7, 11) is 0. The Morgan fingerprint density at radius 1 is 1.35 bits per heavy atom. The van der Waals surface area contributed by atoms with Crippen molar-refractivity contribution >= 4 is 5.78 Å². The molecule has 17 heavy (non-hydrogen) atoms. The fourth-order valence-electron chi connectivity index (χ4n) is 2.54. The lowest BCUT2D eigenvalue weighted by Crippen LogP contribution is -2.03. The lowest BCUT2D eigenvalue weighted by Gasteiger charge is -2.08. The summed E-state index contributed by atoms with van der Waals surface area (Å²) in [5.74, 6) is 0.516. The number of hydrogen-bond donors (Lipinski definition) is 0. The van der Waals surface area contributed by atoms with Crippen LogP contribution in [0.2, 0.25) is 0 Å².